The third-order valence-electron chi connectivity index (χ3n) is 4.62. The molecule has 5 nitrogen and oxygen atoms in total. The average Bonchev–Trinajstić information content (AvgIpc) is 3.31. The molecule has 1 aromatic carbocycles. The Morgan fingerprint density at radius 1 is 1.32 bits per heavy atom. The van der Waals surface area contributed by atoms with Gasteiger partial charge in [-0.05, 0) is 54.6 Å². The van der Waals surface area contributed by atoms with E-state index < -0.39 is 45.5 Å². The van der Waals surface area contributed by atoms with Crippen LogP contribution in [-0.2, 0) is 0 Å². The minimum atomic E-state index is -4.59. The maximum atomic E-state index is 14.2. The molecule has 0 bridgehead atoms. The number of benzene rings is 1. The van der Waals surface area contributed by atoms with Gasteiger partial charge in [0.1, 0.15) is 17.3 Å². The van der Waals surface area contributed by atoms with Crippen molar-refractivity contribution in [3.8, 4) is 0 Å². The van der Waals surface area contributed by atoms with Crippen LogP contribution < -0.4 is 10.9 Å². The van der Waals surface area contributed by atoms with Gasteiger partial charge < -0.3 is 10.3 Å². The zero-order chi connectivity index (χ0) is 20.7. The number of carbonyl (C=O) groups is 1. The van der Waals surface area contributed by atoms with E-state index in [1.165, 1.54) is 13.0 Å². The Morgan fingerprint density at radius 2 is 2.00 bits per heavy atom. The van der Waals surface area contributed by atoms with Crippen LogP contribution in [0.1, 0.15) is 47.7 Å². The van der Waals surface area contributed by atoms with Crippen LogP contribution in [0.5, 0.6) is 0 Å². The molecule has 10 heteroatoms. The molecule has 3 rings (SSSR count). The molecule has 1 heterocycles. The standard InChI is InChI=1S/C18H17F4N3O2S/c1-9-23-12(8-14(26)24-9)16(27)25-15(17(2)5-6-17)10-3-4-13(11(19)7-10)28-18(20,21)22/h3-4,7-8,15H,5-6H2,1-2H3,(H,25,27)(H,23,24,26). The van der Waals surface area contributed by atoms with Crippen molar-refractivity contribution in [2.24, 2.45) is 5.41 Å². The number of halogens is 4. The van der Waals surface area contributed by atoms with E-state index in [-0.39, 0.29) is 16.9 Å². The number of thioether (sulfide) groups is 1. The Balaban J connectivity index is 1.88. The second-order valence-electron chi connectivity index (χ2n) is 7.01. The van der Waals surface area contributed by atoms with Gasteiger partial charge >= 0.3 is 5.51 Å². The lowest BCUT2D eigenvalue weighted by atomic mass is 9.91. The summed E-state index contributed by atoms with van der Waals surface area (Å²) in [6.07, 6.45) is 1.53. The molecule has 1 amide bonds. The Bertz CT molecular complexity index is 970. The van der Waals surface area contributed by atoms with Crippen molar-refractivity contribution in [1.82, 2.24) is 15.3 Å². The summed E-state index contributed by atoms with van der Waals surface area (Å²) in [7, 11) is 0. The third kappa shape index (κ3) is 4.73. The molecule has 1 aromatic heterocycles. The third-order valence-corrected chi connectivity index (χ3v) is 5.40. The molecule has 1 aliphatic carbocycles. The molecule has 1 fully saturated rings. The van der Waals surface area contributed by atoms with E-state index in [0.717, 1.165) is 31.0 Å². The minimum Gasteiger partial charge on any atom is -0.343 e. The fraction of sp³-hybridized carbons (Fsp3) is 0.389. The van der Waals surface area contributed by atoms with Gasteiger partial charge in [-0.1, -0.05) is 13.0 Å². The summed E-state index contributed by atoms with van der Waals surface area (Å²) in [6, 6.07) is 3.88. The quantitative estimate of drug-likeness (QED) is 0.570. The van der Waals surface area contributed by atoms with Crippen molar-refractivity contribution >= 4 is 17.7 Å². The number of nitrogens with one attached hydrogen (secondary N) is 2. The monoisotopic (exact) mass is 415 g/mol. The van der Waals surface area contributed by atoms with Gasteiger partial charge in [0.25, 0.3) is 11.5 Å². The highest BCUT2D eigenvalue weighted by atomic mass is 32.2. The van der Waals surface area contributed by atoms with Crippen LogP contribution in [0.2, 0.25) is 0 Å². The molecule has 28 heavy (non-hydrogen) atoms. The smallest absolute Gasteiger partial charge is 0.343 e. The van der Waals surface area contributed by atoms with Crippen molar-refractivity contribution < 1.29 is 22.4 Å². The number of aromatic nitrogens is 2. The van der Waals surface area contributed by atoms with Crippen LogP contribution in [0.15, 0.2) is 34.0 Å². The summed E-state index contributed by atoms with van der Waals surface area (Å²) >= 11 is -0.526. The second kappa shape index (κ2) is 7.23. The Kier molecular flexibility index (Phi) is 5.26. The minimum absolute atomic E-state index is 0.0831. The summed E-state index contributed by atoms with van der Waals surface area (Å²) in [5, 5.41) is 2.75. The fourth-order valence-electron chi connectivity index (χ4n) is 2.95. The van der Waals surface area contributed by atoms with E-state index in [4.69, 9.17) is 0 Å². The summed E-state index contributed by atoms with van der Waals surface area (Å²) in [5.74, 6) is -1.35. The first-order valence-corrected chi connectivity index (χ1v) is 9.22. The van der Waals surface area contributed by atoms with Crippen LogP contribution in [0.25, 0.3) is 0 Å². The number of H-pyrrole nitrogens is 1. The molecule has 150 valence electrons. The first kappa shape index (κ1) is 20.4. The van der Waals surface area contributed by atoms with Gasteiger partial charge in [-0.25, -0.2) is 9.37 Å². The number of carbonyl (C=O) groups excluding carboxylic acids is 1. The predicted molar refractivity (Wildman–Crippen MR) is 95.5 cm³/mol. The number of hydrogen-bond donors (Lipinski definition) is 2. The van der Waals surface area contributed by atoms with Gasteiger partial charge in [0.2, 0.25) is 0 Å². The van der Waals surface area contributed by atoms with E-state index in [2.05, 4.69) is 15.3 Å². The summed E-state index contributed by atoms with van der Waals surface area (Å²) in [4.78, 5) is 30.0. The molecule has 0 spiro atoms. The molecule has 0 aliphatic heterocycles. The number of alkyl halides is 3. The summed E-state index contributed by atoms with van der Waals surface area (Å²) < 4.78 is 51.8. The Hall–Kier alpha value is -2.36. The maximum absolute atomic E-state index is 14.2. The number of hydrogen-bond acceptors (Lipinski definition) is 4. The first-order valence-electron chi connectivity index (χ1n) is 8.41. The highest BCUT2D eigenvalue weighted by Crippen LogP contribution is 2.54. The van der Waals surface area contributed by atoms with Gasteiger partial charge in [0, 0.05) is 6.07 Å². The van der Waals surface area contributed by atoms with Crippen LogP contribution >= 0.6 is 11.8 Å². The Labute approximate surface area is 161 Å². The summed E-state index contributed by atoms with van der Waals surface area (Å²) in [6.45, 7) is 3.43. The molecular weight excluding hydrogens is 398 g/mol. The molecule has 2 aromatic rings. The maximum Gasteiger partial charge on any atom is 0.446 e. The van der Waals surface area contributed by atoms with Gasteiger partial charge in [-0.2, -0.15) is 13.2 Å². The van der Waals surface area contributed by atoms with Crippen molar-refractivity contribution in [2.45, 2.75) is 43.1 Å². The lowest BCUT2D eigenvalue weighted by Gasteiger charge is -2.25. The van der Waals surface area contributed by atoms with Gasteiger partial charge in [-0.3, -0.25) is 9.59 Å². The van der Waals surface area contributed by atoms with E-state index in [1.54, 1.807) is 0 Å². The average molecular weight is 415 g/mol. The Morgan fingerprint density at radius 3 is 2.54 bits per heavy atom. The topological polar surface area (TPSA) is 74.8 Å². The summed E-state index contributed by atoms with van der Waals surface area (Å²) in [5.41, 5.74) is -5.15. The molecule has 1 aliphatic rings. The van der Waals surface area contributed by atoms with E-state index >= 15 is 0 Å². The van der Waals surface area contributed by atoms with E-state index in [9.17, 15) is 27.2 Å². The zero-order valence-corrected chi connectivity index (χ0v) is 15.8. The number of rotatable bonds is 5. The number of aromatic amines is 1. The number of aryl methyl sites for hydroxylation is 1. The van der Waals surface area contributed by atoms with Gasteiger partial charge in [0.15, 0.2) is 0 Å². The van der Waals surface area contributed by atoms with Crippen molar-refractivity contribution in [3.05, 3.63) is 57.5 Å². The van der Waals surface area contributed by atoms with E-state index in [0.29, 0.717) is 5.56 Å². The molecule has 0 radical (unpaired) electrons. The van der Waals surface area contributed by atoms with Crippen molar-refractivity contribution in [1.29, 1.82) is 0 Å². The number of nitrogens with zero attached hydrogens (tertiary/aromatic N) is 1. The largest absolute Gasteiger partial charge is 0.446 e. The first-order chi connectivity index (χ1) is 13.0. The molecule has 1 unspecified atom stereocenters. The van der Waals surface area contributed by atoms with Crippen LogP contribution in [-0.4, -0.2) is 21.4 Å². The predicted octanol–water partition coefficient (Wildman–Crippen LogP) is 4.10. The SMILES string of the molecule is Cc1nc(C(=O)NC(c2ccc(SC(F)(F)F)c(F)c2)C2(C)CC2)cc(=O)[nH]1. The normalized spacial score (nSPS) is 16.5. The highest BCUT2D eigenvalue weighted by Gasteiger charge is 2.46. The van der Waals surface area contributed by atoms with Crippen molar-refractivity contribution in [3.63, 3.8) is 0 Å². The lowest BCUT2D eigenvalue weighted by Crippen LogP contribution is -2.35. The molecule has 1 saturated carbocycles. The van der Waals surface area contributed by atoms with Crippen LogP contribution in [0, 0.1) is 18.2 Å². The van der Waals surface area contributed by atoms with Crippen LogP contribution in [0.3, 0.4) is 0 Å². The number of amides is 1. The highest BCUT2D eigenvalue weighted by molar-refractivity contribution is 8.00. The lowest BCUT2D eigenvalue weighted by molar-refractivity contribution is -0.0329. The fourth-order valence-corrected chi connectivity index (χ4v) is 3.49. The zero-order valence-electron chi connectivity index (χ0n) is 15.0. The van der Waals surface area contributed by atoms with Gasteiger partial charge in [-0.15, -0.1) is 0 Å². The van der Waals surface area contributed by atoms with E-state index in [1.807, 2.05) is 6.92 Å². The van der Waals surface area contributed by atoms with Crippen molar-refractivity contribution in [2.75, 3.05) is 0 Å². The second-order valence-corrected chi connectivity index (χ2v) is 8.12. The molecule has 1 atom stereocenters. The molecule has 2 N–H and O–H groups in total. The molecule has 0 saturated heterocycles. The van der Waals surface area contributed by atoms with Crippen LogP contribution in [0.4, 0.5) is 17.6 Å². The van der Waals surface area contributed by atoms with Gasteiger partial charge in [0.05, 0.1) is 10.9 Å². The molecular formula is C18H17F4N3O2S.